The Hall–Kier alpha value is -2.31. The lowest BCUT2D eigenvalue weighted by Gasteiger charge is -2.11. The van der Waals surface area contributed by atoms with Crippen LogP contribution < -0.4 is 0 Å². The second-order valence-electron chi connectivity index (χ2n) is 6.31. The molecule has 0 unspecified atom stereocenters. The van der Waals surface area contributed by atoms with Crippen LogP contribution in [0.15, 0.2) is 36.5 Å². The lowest BCUT2D eigenvalue weighted by atomic mass is 9.94. The molecule has 5 nitrogen and oxygen atoms in total. The van der Waals surface area contributed by atoms with Crippen LogP contribution in [0.5, 0.6) is 0 Å². The summed E-state index contributed by atoms with van der Waals surface area (Å²) >= 11 is 2.24. The number of rotatable bonds is 4. The van der Waals surface area contributed by atoms with Crippen molar-refractivity contribution in [3.05, 3.63) is 64.6 Å². The predicted molar refractivity (Wildman–Crippen MR) is 117 cm³/mol. The summed E-state index contributed by atoms with van der Waals surface area (Å²) in [6.07, 6.45) is 2.75. The largest absolute Gasteiger partial charge is 0.335 e. The van der Waals surface area contributed by atoms with Gasteiger partial charge in [-0.05, 0) is 48.7 Å². The minimum absolute atomic E-state index is 0.122. The number of fused-ring (bicyclic) bond motifs is 2. The van der Waals surface area contributed by atoms with E-state index < -0.39 is 0 Å². The normalized spacial score (nSPS) is 11.2. The number of aromatic nitrogens is 3. The molecule has 0 fully saturated rings. The van der Waals surface area contributed by atoms with Gasteiger partial charge in [-0.15, -0.1) is 0 Å². The maximum absolute atomic E-state index is 13.4. The van der Waals surface area contributed by atoms with Gasteiger partial charge >= 0.3 is 0 Å². The first kappa shape index (κ1) is 18.1. The number of hydrogen-bond acceptors (Lipinski definition) is 4. The molecule has 0 aliphatic rings. The topological polar surface area (TPSA) is 74.5 Å². The molecule has 7 heteroatoms. The highest BCUT2D eigenvalue weighted by molar-refractivity contribution is 14.2. The van der Waals surface area contributed by atoms with Gasteiger partial charge in [-0.1, -0.05) is 13.0 Å². The highest BCUT2D eigenvalue weighted by atomic mass is 127. The van der Waals surface area contributed by atoms with Gasteiger partial charge in [0.25, 0.3) is 0 Å². The van der Waals surface area contributed by atoms with E-state index in [4.69, 9.17) is 5.26 Å². The fourth-order valence-corrected chi connectivity index (χ4v) is 4.89. The molecule has 1 N–H and O–H groups in total. The molecule has 0 amide bonds. The summed E-state index contributed by atoms with van der Waals surface area (Å²) in [5, 5.41) is 10.0. The van der Waals surface area contributed by atoms with E-state index >= 15 is 0 Å². The molecule has 2 aromatic heterocycles. The molecule has 0 radical (unpaired) electrons. The number of carbonyl (C=O) groups excluding carboxylic acids is 1. The third kappa shape index (κ3) is 2.93. The molecule has 0 saturated carbocycles. The van der Waals surface area contributed by atoms with Crippen molar-refractivity contribution in [3.63, 3.8) is 0 Å². The van der Waals surface area contributed by atoms with Crippen molar-refractivity contribution in [1.82, 2.24) is 13.9 Å². The highest BCUT2D eigenvalue weighted by Gasteiger charge is 2.22. The summed E-state index contributed by atoms with van der Waals surface area (Å²) < 4.78 is 2.07. The van der Waals surface area contributed by atoms with Crippen LogP contribution in [0.2, 0.25) is 0 Å². The summed E-state index contributed by atoms with van der Waals surface area (Å²) in [6.45, 7) is 4.13. The Morgan fingerprint density at radius 3 is 2.89 bits per heavy atom. The van der Waals surface area contributed by atoms with Gasteiger partial charge < -0.3 is 4.98 Å². The van der Waals surface area contributed by atoms with Crippen molar-refractivity contribution in [1.29, 1.82) is 5.26 Å². The van der Waals surface area contributed by atoms with Crippen LogP contribution in [0.1, 0.15) is 39.8 Å². The van der Waals surface area contributed by atoms with Crippen molar-refractivity contribution < 1.29 is 4.79 Å². The number of nitrogens with zero attached hydrogens (tertiary/aromatic N) is 3. The Morgan fingerprint density at radius 1 is 1.37 bits per heavy atom. The van der Waals surface area contributed by atoms with E-state index in [1.807, 2.05) is 12.3 Å². The number of imidazole rings is 1. The molecule has 0 spiro atoms. The van der Waals surface area contributed by atoms with Gasteiger partial charge in [0.05, 0.1) is 28.2 Å². The number of halogens is 1. The quantitative estimate of drug-likeness (QED) is 0.312. The second kappa shape index (κ2) is 7.02. The number of ketones is 1. The molecule has 2 aromatic carbocycles. The lowest BCUT2D eigenvalue weighted by Crippen LogP contribution is -2.08. The van der Waals surface area contributed by atoms with Crippen molar-refractivity contribution in [2.24, 2.45) is 0 Å². The van der Waals surface area contributed by atoms with E-state index in [0.717, 1.165) is 28.5 Å². The Balaban J connectivity index is 1.93. The first-order valence-corrected chi connectivity index (χ1v) is 11.8. The van der Waals surface area contributed by atoms with E-state index in [1.165, 1.54) is 0 Å². The molecular formula is C20H15IN4OS. The first-order chi connectivity index (χ1) is 13.1. The molecule has 0 aliphatic carbocycles. The maximum atomic E-state index is 13.4. The molecule has 0 aliphatic heterocycles. The number of aromatic amines is 1. The zero-order valence-corrected chi connectivity index (χ0v) is 17.7. The number of H-pyrrole nitrogens is 1. The molecule has 4 rings (SSSR count). The molecule has 4 aromatic rings. The number of benzene rings is 2. The molecule has 134 valence electrons. The number of nitrogens with one attached hydrogen (secondary N) is 1. The smallest absolute Gasteiger partial charge is 0.229 e. The van der Waals surface area contributed by atoms with Gasteiger partial charge in [-0.25, -0.2) is 4.98 Å². The van der Waals surface area contributed by atoms with E-state index in [9.17, 15) is 4.79 Å². The van der Waals surface area contributed by atoms with Gasteiger partial charge in [0.15, 0.2) is 5.82 Å². The minimum Gasteiger partial charge on any atom is -0.335 e. The second-order valence-corrected chi connectivity index (χ2v) is 8.03. The van der Waals surface area contributed by atoms with Gasteiger partial charge in [-0.2, -0.15) is 5.26 Å². The Bertz CT molecular complexity index is 1250. The molecule has 27 heavy (non-hydrogen) atoms. The molecule has 0 bridgehead atoms. The van der Waals surface area contributed by atoms with Crippen molar-refractivity contribution in [2.45, 2.75) is 20.3 Å². The van der Waals surface area contributed by atoms with E-state index in [-0.39, 0.29) is 5.78 Å². The van der Waals surface area contributed by atoms with Crippen LogP contribution in [0.4, 0.5) is 0 Å². The summed E-state index contributed by atoms with van der Waals surface area (Å²) in [5.74, 6) is 0.178. The lowest BCUT2D eigenvalue weighted by molar-refractivity contribution is 0.103. The van der Waals surface area contributed by atoms with Gasteiger partial charge in [0, 0.05) is 47.5 Å². The minimum atomic E-state index is -0.122. The zero-order valence-electron chi connectivity index (χ0n) is 14.7. The van der Waals surface area contributed by atoms with Crippen LogP contribution in [-0.4, -0.2) is 19.7 Å². The van der Waals surface area contributed by atoms with Gasteiger partial charge in [-0.3, -0.25) is 8.77 Å². The molecule has 0 saturated heterocycles. The summed E-state index contributed by atoms with van der Waals surface area (Å²) in [7, 11) is 1.58. The summed E-state index contributed by atoms with van der Waals surface area (Å²) in [6, 6.07) is 11.4. The van der Waals surface area contributed by atoms with Gasteiger partial charge in [0.1, 0.15) is 0 Å². The Labute approximate surface area is 172 Å². The summed E-state index contributed by atoms with van der Waals surface area (Å²) in [4.78, 5) is 21.0. The number of nitriles is 1. The van der Waals surface area contributed by atoms with Crippen LogP contribution in [-0.2, 0) is 6.42 Å². The standard InChI is InChI=1S/C20H15IN4OS/c1-3-13-8-11(2)18-14(6-7-25(18)27-21)17(13)19(26)20-23-15-5-4-12(10-22)9-16(15)24-20/h4-9H,3H2,1-2H3,(H,23,24). The maximum Gasteiger partial charge on any atom is 0.229 e. The van der Waals surface area contributed by atoms with Crippen molar-refractivity contribution >= 4 is 58.0 Å². The SMILES string of the molecule is CCc1cc(C)c2c(ccn2SI)c1C(=O)c1nc2ccc(C#N)cc2[nH]1. The number of carbonyl (C=O) groups is 1. The third-order valence-corrected chi connectivity index (χ3v) is 6.44. The Kier molecular flexibility index (Phi) is 4.70. The fourth-order valence-electron chi connectivity index (χ4n) is 3.49. The predicted octanol–water partition coefficient (Wildman–Crippen LogP) is 5.34. The van der Waals surface area contributed by atoms with Gasteiger partial charge in [0.2, 0.25) is 5.78 Å². The first-order valence-electron chi connectivity index (χ1n) is 8.44. The summed E-state index contributed by atoms with van der Waals surface area (Å²) in [5.41, 5.74) is 5.82. The molecule has 0 atom stereocenters. The van der Waals surface area contributed by atoms with Crippen LogP contribution in [0.3, 0.4) is 0 Å². The average molecular weight is 486 g/mol. The number of hydrogen-bond donors (Lipinski definition) is 1. The monoisotopic (exact) mass is 486 g/mol. The fraction of sp³-hybridized carbons (Fsp3) is 0.150. The average Bonchev–Trinajstić information content (AvgIpc) is 3.30. The van der Waals surface area contributed by atoms with E-state index in [2.05, 4.69) is 61.1 Å². The highest BCUT2D eigenvalue weighted by Crippen LogP contribution is 2.33. The molecule has 2 heterocycles. The number of aryl methyl sites for hydroxylation is 2. The van der Waals surface area contributed by atoms with Crippen LogP contribution >= 0.6 is 30.3 Å². The van der Waals surface area contributed by atoms with Crippen molar-refractivity contribution in [3.8, 4) is 6.07 Å². The van der Waals surface area contributed by atoms with E-state index in [0.29, 0.717) is 28.0 Å². The van der Waals surface area contributed by atoms with E-state index in [1.54, 1.807) is 27.3 Å². The van der Waals surface area contributed by atoms with Crippen molar-refractivity contribution in [2.75, 3.05) is 0 Å². The Morgan fingerprint density at radius 2 is 2.19 bits per heavy atom. The molecular weight excluding hydrogens is 471 g/mol. The zero-order chi connectivity index (χ0) is 19.1. The van der Waals surface area contributed by atoms with Crippen LogP contribution in [0, 0.1) is 18.3 Å². The van der Waals surface area contributed by atoms with Crippen LogP contribution in [0.25, 0.3) is 21.9 Å². The third-order valence-electron chi connectivity index (χ3n) is 4.72.